The van der Waals surface area contributed by atoms with Crippen LogP contribution in [0.3, 0.4) is 0 Å². The number of aliphatic carboxylic acids is 1. The number of ether oxygens (including phenoxy) is 1. The number of carboxylic acid groups (broad SMARTS) is 1. The van der Waals surface area contributed by atoms with Gasteiger partial charge in [-0.05, 0) is 48.7 Å². The van der Waals surface area contributed by atoms with Gasteiger partial charge in [-0.25, -0.2) is 0 Å². The Balaban J connectivity index is 0.000000837. The Bertz CT molecular complexity index is 991. The third-order valence-corrected chi connectivity index (χ3v) is 4.65. The lowest BCUT2D eigenvalue weighted by atomic mass is 10.0. The maximum Gasteiger partial charge on any atom is 0.303 e. The summed E-state index contributed by atoms with van der Waals surface area (Å²) in [7, 11) is 1.56. The number of furan rings is 1. The number of carbonyl (C=O) groups is 2. The SMILES string of the molecule is C/C(=C\COc1ccccc1Cc1ccc(-c2ccco2)cc1)CCC(=O)O.CNC=O. The number of carbonyl (C=O) groups excluding carboxylic acids is 1. The largest absolute Gasteiger partial charge is 0.489 e. The van der Waals surface area contributed by atoms with Gasteiger partial charge in [0.15, 0.2) is 0 Å². The average Bonchev–Trinajstić information content (AvgIpc) is 3.34. The van der Waals surface area contributed by atoms with Crippen LogP contribution in [-0.4, -0.2) is 31.1 Å². The number of carboxylic acids is 1. The molecule has 0 atom stereocenters. The highest BCUT2D eigenvalue weighted by Crippen LogP contribution is 2.24. The second-order valence-electron chi connectivity index (χ2n) is 7.12. The summed E-state index contributed by atoms with van der Waals surface area (Å²) in [5.74, 6) is 0.928. The average molecular weight is 436 g/mol. The minimum atomic E-state index is -0.780. The van der Waals surface area contributed by atoms with E-state index in [1.165, 1.54) is 5.56 Å². The van der Waals surface area contributed by atoms with Crippen molar-refractivity contribution in [2.45, 2.75) is 26.2 Å². The molecule has 3 rings (SSSR count). The van der Waals surface area contributed by atoms with Gasteiger partial charge < -0.3 is 19.6 Å². The molecule has 0 saturated carbocycles. The molecule has 6 heteroatoms. The number of para-hydroxylation sites is 1. The molecule has 0 unspecified atom stereocenters. The number of hydrogen-bond acceptors (Lipinski definition) is 4. The lowest BCUT2D eigenvalue weighted by molar-refractivity contribution is -0.137. The molecule has 0 aliphatic heterocycles. The van der Waals surface area contributed by atoms with E-state index in [-0.39, 0.29) is 6.42 Å². The highest BCUT2D eigenvalue weighted by molar-refractivity contribution is 5.67. The fourth-order valence-corrected chi connectivity index (χ4v) is 2.92. The summed E-state index contributed by atoms with van der Waals surface area (Å²) in [6, 6.07) is 20.2. The fraction of sp³-hybridized carbons (Fsp3) is 0.231. The molecule has 0 bridgehead atoms. The lowest BCUT2D eigenvalue weighted by Crippen LogP contribution is -2.00. The third kappa shape index (κ3) is 8.52. The van der Waals surface area contributed by atoms with E-state index in [1.54, 1.807) is 13.3 Å². The molecule has 0 fully saturated rings. The maximum atomic E-state index is 10.6. The molecule has 3 aromatic rings. The van der Waals surface area contributed by atoms with Gasteiger partial charge in [-0.2, -0.15) is 0 Å². The summed E-state index contributed by atoms with van der Waals surface area (Å²) in [6.07, 6.45) is 5.71. The van der Waals surface area contributed by atoms with Crippen LogP contribution in [0.1, 0.15) is 30.9 Å². The fourth-order valence-electron chi connectivity index (χ4n) is 2.92. The van der Waals surface area contributed by atoms with Crippen LogP contribution in [0, 0.1) is 0 Å². The van der Waals surface area contributed by atoms with Gasteiger partial charge in [0.05, 0.1) is 6.26 Å². The van der Waals surface area contributed by atoms with Crippen molar-refractivity contribution < 1.29 is 23.8 Å². The molecular formula is C26H29NO5. The maximum absolute atomic E-state index is 10.6. The summed E-state index contributed by atoms with van der Waals surface area (Å²) < 4.78 is 11.4. The summed E-state index contributed by atoms with van der Waals surface area (Å²) in [6.45, 7) is 2.36. The first kappa shape index (κ1) is 24.5. The second-order valence-corrected chi connectivity index (χ2v) is 7.12. The standard InChI is InChI=1S/C24H24O4.C2H5NO/c1-18(8-13-24(25)26)14-16-28-23-6-3-2-5-21(23)17-19-9-11-20(12-10-19)22-7-4-15-27-22;1-3-2-4/h2-7,9-12,14-15H,8,13,16-17H2,1H3,(H,25,26);2H,1H3,(H,3,4)/b18-14+;. The number of benzene rings is 2. The van der Waals surface area contributed by atoms with Crippen LogP contribution >= 0.6 is 0 Å². The van der Waals surface area contributed by atoms with Crippen molar-refractivity contribution in [1.82, 2.24) is 5.32 Å². The van der Waals surface area contributed by atoms with Crippen LogP contribution in [-0.2, 0) is 16.0 Å². The van der Waals surface area contributed by atoms with Crippen molar-refractivity contribution in [3.63, 3.8) is 0 Å². The van der Waals surface area contributed by atoms with Gasteiger partial charge in [0, 0.05) is 25.5 Å². The minimum absolute atomic E-state index is 0.146. The molecule has 1 aromatic heterocycles. The first-order chi connectivity index (χ1) is 15.5. The molecule has 0 radical (unpaired) electrons. The van der Waals surface area contributed by atoms with E-state index in [9.17, 15) is 4.79 Å². The number of nitrogens with one attached hydrogen (secondary N) is 1. The van der Waals surface area contributed by atoms with E-state index < -0.39 is 5.97 Å². The Kier molecular flexibility index (Phi) is 10.3. The van der Waals surface area contributed by atoms with E-state index in [2.05, 4.69) is 35.6 Å². The first-order valence-corrected chi connectivity index (χ1v) is 10.3. The summed E-state index contributed by atoms with van der Waals surface area (Å²) in [4.78, 5) is 19.7. The van der Waals surface area contributed by atoms with Crippen molar-refractivity contribution in [1.29, 1.82) is 0 Å². The first-order valence-electron chi connectivity index (χ1n) is 10.3. The Hall–Kier alpha value is -3.80. The number of amides is 1. The zero-order valence-corrected chi connectivity index (χ0v) is 18.4. The van der Waals surface area contributed by atoms with Crippen LogP contribution in [0.4, 0.5) is 0 Å². The summed E-state index contributed by atoms with van der Waals surface area (Å²) in [5, 5.41) is 11.0. The van der Waals surface area contributed by atoms with Gasteiger partial charge in [0.25, 0.3) is 0 Å². The van der Waals surface area contributed by atoms with E-state index in [1.807, 2.05) is 43.3 Å². The van der Waals surface area contributed by atoms with Crippen molar-refractivity contribution >= 4 is 12.4 Å². The smallest absolute Gasteiger partial charge is 0.303 e. The normalized spacial score (nSPS) is 10.6. The van der Waals surface area contributed by atoms with Crippen LogP contribution in [0.2, 0.25) is 0 Å². The van der Waals surface area contributed by atoms with Crippen LogP contribution < -0.4 is 10.1 Å². The summed E-state index contributed by atoms with van der Waals surface area (Å²) >= 11 is 0. The minimum Gasteiger partial charge on any atom is -0.489 e. The number of rotatable bonds is 10. The Morgan fingerprint density at radius 1 is 1.06 bits per heavy atom. The molecule has 0 aliphatic carbocycles. The van der Waals surface area contributed by atoms with Crippen molar-refractivity contribution in [2.24, 2.45) is 0 Å². The van der Waals surface area contributed by atoms with E-state index in [0.717, 1.165) is 34.6 Å². The predicted octanol–water partition coefficient (Wildman–Crippen LogP) is 5.09. The van der Waals surface area contributed by atoms with Crippen LogP contribution in [0.25, 0.3) is 11.3 Å². The molecule has 168 valence electrons. The molecule has 6 nitrogen and oxygen atoms in total. The topological polar surface area (TPSA) is 88.8 Å². The Morgan fingerprint density at radius 3 is 2.41 bits per heavy atom. The molecule has 0 aliphatic rings. The van der Waals surface area contributed by atoms with E-state index >= 15 is 0 Å². The second kappa shape index (κ2) is 13.5. The molecule has 2 aromatic carbocycles. The zero-order chi connectivity index (χ0) is 23.2. The van der Waals surface area contributed by atoms with E-state index in [4.69, 9.17) is 19.1 Å². The molecule has 1 heterocycles. The highest BCUT2D eigenvalue weighted by atomic mass is 16.5. The van der Waals surface area contributed by atoms with Gasteiger partial charge in [-0.1, -0.05) is 48.0 Å². The third-order valence-electron chi connectivity index (χ3n) is 4.65. The van der Waals surface area contributed by atoms with Gasteiger partial charge in [-0.15, -0.1) is 0 Å². The number of allylic oxidation sites excluding steroid dienone is 1. The quantitative estimate of drug-likeness (QED) is 0.342. The molecule has 32 heavy (non-hydrogen) atoms. The van der Waals surface area contributed by atoms with Crippen molar-refractivity contribution in [3.8, 4) is 17.1 Å². The number of hydrogen-bond donors (Lipinski definition) is 2. The van der Waals surface area contributed by atoms with E-state index in [0.29, 0.717) is 19.4 Å². The molecular weight excluding hydrogens is 406 g/mol. The lowest BCUT2D eigenvalue weighted by Gasteiger charge is -2.11. The zero-order valence-electron chi connectivity index (χ0n) is 18.4. The highest BCUT2D eigenvalue weighted by Gasteiger charge is 2.06. The van der Waals surface area contributed by atoms with Crippen molar-refractivity contribution in [2.75, 3.05) is 13.7 Å². The van der Waals surface area contributed by atoms with Crippen LogP contribution in [0.5, 0.6) is 5.75 Å². The Labute approximate surface area is 188 Å². The monoisotopic (exact) mass is 435 g/mol. The van der Waals surface area contributed by atoms with Gasteiger partial charge in [0.2, 0.25) is 6.41 Å². The van der Waals surface area contributed by atoms with Gasteiger partial charge in [0.1, 0.15) is 18.1 Å². The Morgan fingerprint density at radius 2 is 1.78 bits per heavy atom. The molecule has 2 N–H and O–H groups in total. The van der Waals surface area contributed by atoms with Crippen LogP contribution in [0.15, 0.2) is 83.0 Å². The van der Waals surface area contributed by atoms with Gasteiger partial charge >= 0.3 is 5.97 Å². The molecule has 1 amide bonds. The summed E-state index contributed by atoms with van der Waals surface area (Å²) in [5.41, 5.74) is 4.39. The van der Waals surface area contributed by atoms with Crippen molar-refractivity contribution in [3.05, 3.63) is 89.7 Å². The van der Waals surface area contributed by atoms with Gasteiger partial charge in [-0.3, -0.25) is 9.59 Å². The molecule has 0 spiro atoms. The molecule has 0 saturated heterocycles. The predicted molar refractivity (Wildman–Crippen MR) is 125 cm³/mol.